The number of para-hydroxylation sites is 1. The van der Waals surface area contributed by atoms with Crippen molar-refractivity contribution in [3.8, 4) is 17.6 Å². The fourth-order valence-electron chi connectivity index (χ4n) is 1.70. The number of halogens is 1. The van der Waals surface area contributed by atoms with Crippen molar-refractivity contribution in [2.24, 2.45) is 0 Å². The summed E-state index contributed by atoms with van der Waals surface area (Å²) in [6.07, 6.45) is 1.22. The number of hydrogen-bond acceptors (Lipinski definition) is 4. The Morgan fingerprint density at radius 1 is 1.18 bits per heavy atom. The number of carbonyl (C=O) groups excluding carboxylic acids is 1. The quantitative estimate of drug-likeness (QED) is 0.461. The van der Waals surface area contributed by atoms with Gasteiger partial charge in [-0.2, -0.15) is 5.26 Å². The van der Waals surface area contributed by atoms with Crippen LogP contribution in [0, 0.1) is 17.1 Å². The summed E-state index contributed by atoms with van der Waals surface area (Å²) in [5.74, 6) is -2.08. The SMILES string of the molecule is N#C/C(=C\c1ccc(O)c(O)c1)C(=O)Nc1ccccc1F. The van der Waals surface area contributed by atoms with Crippen LogP contribution < -0.4 is 5.32 Å². The summed E-state index contributed by atoms with van der Waals surface area (Å²) in [7, 11) is 0. The van der Waals surface area contributed by atoms with Crippen LogP contribution >= 0.6 is 0 Å². The van der Waals surface area contributed by atoms with E-state index in [0.29, 0.717) is 5.56 Å². The third-order valence-corrected chi connectivity index (χ3v) is 2.80. The topological polar surface area (TPSA) is 93.3 Å². The van der Waals surface area contributed by atoms with Crippen LogP contribution in [0.4, 0.5) is 10.1 Å². The summed E-state index contributed by atoms with van der Waals surface area (Å²) >= 11 is 0. The van der Waals surface area contributed by atoms with Gasteiger partial charge in [0.05, 0.1) is 5.69 Å². The van der Waals surface area contributed by atoms with Gasteiger partial charge in [-0.05, 0) is 35.9 Å². The summed E-state index contributed by atoms with van der Waals surface area (Å²) < 4.78 is 13.5. The molecule has 0 unspecified atom stereocenters. The molecule has 0 heterocycles. The zero-order valence-electron chi connectivity index (χ0n) is 11.2. The molecule has 0 aliphatic carbocycles. The summed E-state index contributed by atoms with van der Waals surface area (Å²) in [4.78, 5) is 12.0. The minimum absolute atomic E-state index is 0.0396. The predicted molar refractivity (Wildman–Crippen MR) is 78.4 cm³/mol. The second-order valence-corrected chi connectivity index (χ2v) is 4.35. The minimum atomic E-state index is -0.778. The number of phenolic OH excluding ortho intramolecular Hbond substituents is 2. The number of aromatic hydroxyl groups is 2. The maximum atomic E-state index is 13.5. The van der Waals surface area contributed by atoms with E-state index < -0.39 is 11.7 Å². The van der Waals surface area contributed by atoms with Crippen LogP contribution in [0.1, 0.15) is 5.56 Å². The summed E-state index contributed by atoms with van der Waals surface area (Å²) in [6.45, 7) is 0. The monoisotopic (exact) mass is 298 g/mol. The molecule has 0 saturated heterocycles. The fraction of sp³-hybridized carbons (Fsp3) is 0. The number of rotatable bonds is 3. The van der Waals surface area contributed by atoms with E-state index in [9.17, 15) is 19.4 Å². The number of nitrogens with zero attached hydrogens (tertiary/aromatic N) is 1. The van der Waals surface area contributed by atoms with Crippen LogP contribution in [0.25, 0.3) is 6.08 Å². The van der Waals surface area contributed by atoms with E-state index in [1.807, 2.05) is 0 Å². The Morgan fingerprint density at radius 2 is 1.91 bits per heavy atom. The van der Waals surface area contributed by atoms with Gasteiger partial charge >= 0.3 is 0 Å². The molecule has 2 aromatic rings. The molecule has 0 atom stereocenters. The molecule has 2 aromatic carbocycles. The van der Waals surface area contributed by atoms with Crippen molar-refractivity contribution in [2.45, 2.75) is 0 Å². The molecule has 0 saturated carbocycles. The van der Waals surface area contributed by atoms with Crippen molar-refractivity contribution in [1.82, 2.24) is 0 Å². The van der Waals surface area contributed by atoms with Crippen LogP contribution in [0.15, 0.2) is 48.0 Å². The van der Waals surface area contributed by atoms with E-state index in [-0.39, 0.29) is 22.8 Å². The zero-order chi connectivity index (χ0) is 16.1. The summed E-state index contributed by atoms with van der Waals surface area (Å²) in [5, 5.41) is 29.9. The number of benzene rings is 2. The van der Waals surface area contributed by atoms with Gasteiger partial charge < -0.3 is 15.5 Å². The van der Waals surface area contributed by atoms with Crippen LogP contribution in [-0.4, -0.2) is 16.1 Å². The van der Waals surface area contributed by atoms with E-state index in [1.165, 1.54) is 42.5 Å². The maximum Gasteiger partial charge on any atom is 0.266 e. The third-order valence-electron chi connectivity index (χ3n) is 2.80. The number of carbonyl (C=O) groups is 1. The lowest BCUT2D eigenvalue weighted by Crippen LogP contribution is -2.14. The Hall–Kier alpha value is -3.33. The first-order chi connectivity index (χ1) is 10.5. The lowest BCUT2D eigenvalue weighted by Gasteiger charge is -2.05. The highest BCUT2D eigenvalue weighted by atomic mass is 19.1. The van der Waals surface area contributed by atoms with Crippen LogP contribution in [-0.2, 0) is 4.79 Å². The molecule has 0 radical (unpaired) electrons. The van der Waals surface area contributed by atoms with Crippen molar-refractivity contribution in [3.63, 3.8) is 0 Å². The van der Waals surface area contributed by atoms with E-state index >= 15 is 0 Å². The summed E-state index contributed by atoms with van der Waals surface area (Å²) in [6, 6.07) is 11.1. The molecular weight excluding hydrogens is 287 g/mol. The van der Waals surface area contributed by atoms with Crippen LogP contribution in [0.5, 0.6) is 11.5 Å². The van der Waals surface area contributed by atoms with Gasteiger partial charge in [-0.3, -0.25) is 4.79 Å². The molecule has 5 nitrogen and oxygen atoms in total. The zero-order valence-corrected chi connectivity index (χ0v) is 11.2. The Kier molecular flexibility index (Phi) is 4.39. The third kappa shape index (κ3) is 3.41. The van der Waals surface area contributed by atoms with Gasteiger partial charge in [0, 0.05) is 0 Å². The largest absolute Gasteiger partial charge is 0.504 e. The molecule has 0 bridgehead atoms. The minimum Gasteiger partial charge on any atom is -0.504 e. The summed E-state index contributed by atoms with van der Waals surface area (Å²) in [5.41, 5.74) is 0.0334. The first-order valence-corrected chi connectivity index (χ1v) is 6.21. The van der Waals surface area contributed by atoms with Crippen molar-refractivity contribution < 1.29 is 19.4 Å². The number of anilines is 1. The Morgan fingerprint density at radius 3 is 2.55 bits per heavy atom. The van der Waals surface area contributed by atoms with Crippen molar-refractivity contribution >= 4 is 17.7 Å². The first-order valence-electron chi connectivity index (χ1n) is 6.21. The van der Waals surface area contributed by atoms with Gasteiger partial charge in [0.2, 0.25) is 0 Å². The van der Waals surface area contributed by atoms with E-state index in [4.69, 9.17) is 5.26 Å². The van der Waals surface area contributed by atoms with Crippen LogP contribution in [0.2, 0.25) is 0 Å². The molecule has 2 rings (SSSR count). The first kappa shape index (κ1) is 15.1. The average Bonchev–Trinajstić information content (AvgIpc) is 2.50. The second kappa shape index (κ2) is 6.41. The standard InChI is InChI=1S/C16H11FN2O3/c17-12-3-1-2-4-13(12)19-16(22)11(9-18)7-10-5-6-14(20)15(21)8-10/h1-8,20-21H,(H,19,22)/b11-7+. The highest BCUT2D eigenvalue weighted by molar-refractivity contribution is 6.09. The normalized spacial score (nSPS) is 10.8. The fourth-order valence-corrected chi connectivity index (χ4v) is 1.70. The lowest BCUT2D eigenvalue weighted by atomic mass is 10.1. The van der Waals surface area contributed by atoms with E-state index in [2.05, 4.69) is 5.32 Å². The second-order valence-electron chi connectivity index (χ2n) is 4.35. The van der Waals surface area contributed by atoms with E-state index in [0.717, 1.165) is 0 Å². The molecule has 0 aliphatic rings. The molecule has 1 amide bonds. The number of amides is 1. The highest BCUT2D eigenvalue weighted by Crippen LogP contribution is 2.26. The molecule has 0 aliphatic heterocycles. The molecule has 0 aromatic heterocycles. The van der Waals surface area contributed by atoms with Gasteiger partial charge in [0.1, 0.15) is 17.5 Å². The Balaban J connectivity index is 2.26. The van der Waals surface area contributed by atoms with Crippen molar-refractivity contribution in [1.29, 1.82) is 5.26 Å². The van der Waals surface area contributed by atoms with Crippen LogP contribution in [0.3, 0.4) is 0 Å². The van der Waals surface area contributed by atoms with E-state index in [1.54, 1.807) is 12.1 Å². The number of nitriles is 1. The number of nitrogens with one attached hydrogen (secondary N) is 1. The number of phenols is 2. The Labute approximate surface area is 125 Å². The lowest BCUT2D eigenvalue weighted by molar-refractivity contribution is -0.112. The van der Waals surface area contributed by atoms with Gasteiger partial charge in [0.25, 0.3) is 5.91 Å². The molecule has 0 fully saturated rings. The molecule has 110 valence electrons. The highest BCUT2D eigenvalue weighted by Gasteiger charge is 2.12. The maximum absolute atomic E-state index is 13.5. The predicted octanol–water partition coefficient (Wildman–Crippen LogP) is 2.78. The van der Waals surface area contributed by atoms with Gasteiger partial charge in [-0.25, -0.2) is 4.39 Å². The van der Waals surface area contributed by atoms with Gasteiger partial charge in [-0.15, -0.1) is 0 Å². The molecule has 3 N–H and O–H groups in total. The number of hydrogen-bond donors (Lipinski definition) is 3. The smallest absolute Gasteiger partial charge is 0.266 e. The van der Waals surface area contributed by atoms with Crippen molar-refractivity contribution in [2.75, 3.05) is 5.32 Å². The molecule has 6 heteroatoms. The molecule has 22 heavy (non-hydrogen) atoms. The molecular formula is C16H11FN2O3. The molecule has 0 spiro atoms. The van der Waals surface area contributed by atoms with Crippen molar-refractivity contribution in [3.05, 3.63) is 59.4 Å². The average molecular weight is 298 g/mol. The van der Waals surface area contributed by atoms with Gasteiger partial charge in [0.15, 0.2) is 11.5 Å². The van der Waals surface area contributed by atoms with Gasteiger partial charge in [-0.1, -0.05) is 18.2 Å². The Bertz CT molecular complexity index is 794.